The van der Waals surface area contributed by atoms with Gasteiger partial charge >= 0.3 is 6.18 Å². The molecule has 0 fully saturated rings. The van der Waals surface area contributed by atoms with Crippen LogP contribution in [0.2, 0.25) is 0 Å². The Kier molecular flexibility index (Phi) is 8.55. The minimum absolute atomic E-state index is 0.0569. The number of nitrogens with one attached hydrogen (secondary N) is 1. The molecule has 29 heavy (non-hydrogen) atoms. The van der Waals surface area contributed by atoms with Crippen molar-refractivity contribution in [3.05, 3.63) is 28.4 Å². The van der Waals surface area contributed by atoms with Crippen molar-refractivity contribution >= 4 is 21.7 Å². The summed E-state index contributed by atoms with van der Waals surface area (Å²) in [6.45, 7) is 2.68. The first kappa shape index (κ1) is 23.3. The predicted octanol–water partition coefficient (Wildman–Crippen LogP) is 6.32. The molecule has 0 amide bonds. The molecule has 0 saturated carbocycles. The molecular weight excluding hydrogens is 451 g/mol. The lowest BCUT2D eigenvalue weighted by molar-refractivity contribution is -0.137. The van der Waals surface area contributed by atoms with Crippen LogP contribution < -0.4 is 14.8 Å². The number of benzene rings is 1. The van der Waals surface area contributed by atoms with Crippen LogP contribution in [0.25, 0.3) is 11.3 Å². The zero-order chi connectivity index (χ0) is 21.4. The van der Waals surface area contributed by atoms with E-state index < -0.39 is 11.7 Å². The Hall–Kier alpha value is -2.03. The SMILES string of the molecule is CCCCCCCOc1nc(Br)c(-c2ccc(C(F)(F)F)cc2OC)nc1NC. The molecule has 0 bridgehead atoms. The van der Waals surface area contributed by atoms with Gasteiger partial charge in [-0.1, -0.05) is 32.6 Å². The zero-order valence-electron chi connectivity index (χ0n) is 16.7. The molecule has 2 rings (SSSR count). The van der Waals surface area contributed by atoms with Gasteiger partial charge in [-0.25, -0.2) is 9.97 Å². The van der Waals surface area contributed by atoms with Crippen LogP contribution in [0.3, 0.4) is 0 Å². The third kappa shape index (κ3) is 6.22. The molecule has 160 valence electrons. The van der Waals surface area contributed by atoms with E-state index in [9.17, 15) is 13.2 Å². The molecule has 5 nitrogen and oxygen atoms in total. The van der Waals surface area contributed by atoms with E-state index in [1.165, 1.54) is 32.4 Å². The highest BCUT2D eigenvalue weighted by Crippen LogP contribution is 2.39. The van der Waals surface area contributed by atoms with Crippen LogP contribution >= 0.6 is 15.9 Å². The van der Waals surface area contributed by atoms with Crippen LogP contribution in [0.15, 0.2) is 22.8 Å². The third-order valence-electron chi connectivity index (χ3n) is 4.33. The summed E-state index contributed by atoms with van der Waals surface area (Å²) in [7, 11) is 3.00. The Morgan fingerprint density at radius 2 is 1.83 bits per heavy atom. The normalized spacial score (nSPS) is 11.4. The van der Waals surface area contributed by atoms with Gasteiger partial charge in [0.1, 0.15) is 16.0 Å². The van der Waals surface area contributed by atoms with E-state index >= 15 is 0 Å². The lowest BCUT2D eigenvalue weighted by Gasteiger charge is -2.15. The lowest BCUT2D eigenvalue weighted by atomic mass is 10.1. The number of anilines is 1. The molecule has 0 saturated heterocycles. The number of unbranched alkanes of at least 4 members (excludes halogenated alkanes) is 4. The van der Waals surface area contributed by atoms with Crippen LogP contribution in [0.1, 0.15) is 44.6 Å². The molecule has 2 aromatic rings. The van der Waals surface area contributed by atoms with Crippen molar-refractivity contribution in [2.45, 2.75) is 45.2 Å². The molecule has 0 radical (unpaired) electrons. The molecule has 1 aromatic carbocycles. The summed E-state index contributed by atoms with van der Waals surface area (Å²) in [5.41, 5.74) is -0.0447. The first-order valence-corrected chi connectivity index (χ1v) is 10.2. The van der Waals surface area contributed by atoms with Crippen molar-refractivity contribution in [1.82, 2.24) is 9.97 Å². The van der Waals surface area contributed by atoms with Crippen molar-refractivity contribution < 1.29 is 22.6 Å². The van der Waals surface area contributed by atoms with E-state index in [4.69, 9.17) is 9.47 Å². The Bertz CT molecular complexity index is 816. The van der Waals surface area contributed by atoms with Crippen LogP contribution in [0, 0.1) is 0 Å². The highest BCUT2D eigenvalue weighted by atomic mass is 79.9. The standard InChI is InChI=1S/C20H25BrF3N3O2/c1-4-5-6-7-8-11-29-19-18(25-2)26-16(17(21)27-19)14-10-9-13(20(22,23)24)12-15(14)28-3/h9-10,12H,4-8,11H2,1-3H3,(H,25,26). The molecule has 0 unspecified atom stereocenters. The molecule has 1 N–H and O–H groups in total. The predicted molar refractivity (Wildman–Crippen MR) is 111 cm³/mol. The largest absolute Gasteiger partial charge is 0.496 e. The second kappa shape index (κ2) is 10.7. The monoisotopic (exact) mass is 475 g/mol. The molecule has 0 aliphatic rings. The summed E-state index contributed by atoms with van der Waals surface area (Å²) in [6.07, 6.45) is 1.09. The average molecular weight is 476 g/mol. The second-order valence-electron chi connectivity index (χ2n) is 6.44. The summed E-state index contributed by atoms with van der Waals surface area (Å²) in [4.78, 5) is 8.88. The van der Waals surface area contributed by atoms with E-state index in [1.807, 2.05) is 0 Å². The maximum atomic E-state index is 13.0. The summed E-state index contributed by atoms with van der Waals surface area (Å²) < 4.78 is 50.2. The molecule has 0 aliphatic heterocycles. The molecule has 1 aromatic heterocycles. The smallest absolute Gasteiger partial charge is 0.416 e. The molecule has 1 heterocycles. The van der Waals surface area contributed by atoms with Crippen molar-refractivity contribution in [1.29, 1.82) is 0 Å². The fourth-order valence-corrected chi connectivity index (χ4v) is 3.24. The van der Waals surface area contributed by atoms with Gasteiger partial charge in [0, 0.05) is 12.6 Å². The number of halogens is 4. The van der Waals surface area contributed by atoms with Crippen molar-refractivity contribution in [2.75, 3.05) is 26.1 Å². The van der Waals surface area contributed by atoms with Gasteiger partial charge in [-0.2, -0.15) is 13.2 Å². The summed E-state index contributed by atoms with van der Waals surface area (Å²) >= 11 is 3.35. The van der Waals surface area contributed by atoms with Gasteiger partial charge in [0.25, 0.3) is 5.88 Å². The molecule has 0 aliphatic carbocycles. The van der Waals surface area contributed by atoms with Gasteiger partial charge in [-0.3, -0.25) is 0 Å². The van der Waals surface area contributed by atoms with E-state index in [0.29, 0.717) is 34.2 Å². The van der Waals surface area contributed by atoms with Crippen LogP contribution in [0.4, 0.5) is 19.0 Å². The van der Waals surface area contributed by atoms with E-state index in [1.54, 1.807) is 7.05 Å². The van der Waals surface area contributed by atoms with Gasteiger partial charge in [0.15, 0.2) is 5.82 Å². The highest BCUT2D eigenvalue weighted by molar-refractivity contribution is 9.10. The van der Waals surface area contributed by atoms with Gasteiger partial charge in [0.2, 0.25) is 0 Å². The number of hydrogen-bond acceptors (Lipinski definition) is 5. The van der Waals surface area contributed by atoms with Crippen LogP contribution in [-0.4, -0.2) is 30.7 Å². The van der Waals surface area contributed by atoms with E-state index in [-0.39, 0.29) is 5.75 Å². The number of alkyl halides is 3. The minimum Gasteiger partial charge on any atom is -0.496 e. The van der Waals surface area contributed by atoms with E-state index in [2.05, 4.69) is 38.1 Å². The van der Waals surface area contributed by atoms with Gasteiger partial charge < -0.3 is 14.8 Å². The van der Waals surface area contributed by atoms with Crippen LogP contribution in [0.5, 0.6) is 11.6 Å². The molecule has 0 spiro atoms. The van der Waals surface area contributed by atoms with Gasteiger partial charge in [-0.15, -0.1) is 0 Å². The Balaban J connectivity index is 2.26. The molecule has 9 heteroatoms. The number of ether oxygens (including phenoxy) is 2. The van der Waals surface area contributed by atoms with Crippen molar-refractivity contribution in [3.8, 4) is 22.9 Å². The lowest BCUT2D eigenvalue weighted by Crippen LogP contribution is -2.07. The maximum absolute atomic E-state index is 13.0. The van der Waals surface area contributed by atoms with E-state index in [0.717, 1.165) is 25.0 Å². The summed E-state index contributed by atoms with van der Waals surface area (Å²) in [5.74, 6) is 0.796. The Morgan fingerprint density at radius 1 is 1.10 bits per heavy atom. The topological polar surface area (TPSA) is 56.3 Å². The van der Waals surface area contributed by atoms with Gasteiger partial charge in [0.05, 0.1) is 19.3 Å². The number of hydrogen-bond donors (Lipinski definition) is 1. The van der Waals surface area contributed by atoms with Gasteiger partial charge in [-0.05, 0) is 40.5 Å². The third-order valence-corrected chi connectivity index (χ3v) is 4.88. The molecular formula is C20H25BrF3N3O2. The van der Waals surface area contributed by atoms with Crippen molar-refractivity contribution in [2.24, 2.45) is 0 Å². The summed E-state index contributed by atoms with van der Waals surface area (Å²) in [6, 6.07) is 3.26. The first-order valence-electron chi connectivity index (χ1n) is 9.45. The fourth-order valence-electron chi connectivity index (χ4n) is 2.77. The minimum atomic E-state index is -4.46. The molecule has 0 atom stereocenters. The Labute approximate surface area is 177 Å². The number of aromatic nitrogens is 2. The number of methoxy groups -OCH3 is 1. The average Bonchev–Trinajstić information content (AvgIpc) is 2.69. The Morgan fingerprint density at radius 3 is 2.45 bits per heavy atom. The zero-order valence-corrected chi connectivity index (χ0v) is 18.3. The first-order chi connectivity index (χ1) is 13.8. The quantitative estimate of drug-likeness (QED) is 0.407. The van der Waals surface area contributed by atoms with Crippen LogP contribution in [-0.2, 0) is 6.18 Å². The fraction of sp³-hybridized carbons (Fsp3) is 0.500. The maximum Gasteiger partial charge on any atom is 0.416 e. The second-order valence-corrected chi connectivity index (χ2v) is 7.19. The summed E-state index contributed by atoms with van der Waals surface area (Å²) in [5, 5.41) is 2.93. The number of rotatable bonds is 10. The highest BCUT2D eigenvalue weighted by Gasteiger charge is 2.31. The number of nitrogens with zero attached hydrogens (tertiary/aromatic N) is 2. The van der Waals surface area contributed by atoms with Crippen molar-refractivity contribution in [3.63, 3.8) is 0 Å².